The van der Waals surface area contributed by atoms with Gasteiger partial charge >= 0.3 is 5.97 Å². The van der Waals surface area contributed by atoms with Crippen LogP contribution in [0, 0.1) is 0 Å². The van der Waals surface area contributed by atoms with E-state index in [1.807, 2.05) is 0 Å². The van der Waals surface area contributed by atoms with Gasteiger partial charge in [0.2, 0.25) is 0 Å². The van der Waals surface area contributed by atoms with Gasteiger partial charge in [0.1, 0.15) is 4.60 Å². The van der Waals surface area contributed by atoms with Crippen LogP contribution in [0.25, 0.3) is 0 Å². The second-order valence-electron chi connectivity index (χ2n) is 3.56. The van der Waals surface area contributed by atoms with Crippen LogP contribution in [0.4, 0.5) is 0 Å². The molecule has 0 spiro atoms. The van der Waals surface area contributed by atoms with Crippen LogP contribution in [-0.2, 0) is 0 Å². The molecule has 0 radical (unpaired) electrons. The van der Waals surface area contributed by atoms with Gasteiger partial charge in [-0.1, -0.05) is 0 Å². The summed E-state index contributed by atoms with van der Waals surface area (Å²) in [5.74, 6) is -1.01. The van der Waals surface area contributed by atoms with Crippen LogP contribution in [0.3, 0.4) is 0 Å². The summed E-state index contributed by atoms with van der Waals surface area (Å²) in [6.07, 6.45) is 3.19. The Morgan fingerprint density at radius 2 is 2.11 bits per heavy atom. The molecule has 0 aliphatic rings. The Kier molecular flexibility index (Phi) is 3.98. The van der Waals surface area contributed by atoms with Crippen molar-refractivity contribution < 1.29 is 9.90 Å². The molecule has 0 bridgehead atoms. The maximum Gasteiger partial charge on any atom is 0.337 e. The lowest BCUT2D eigenvalue weighted by Gasteiger charge is -2.12. The molecule has 1 unspecified atom stereocenters. The van der Waals surface area contributed by atoms with E-state index in [4.69, 9.17) is 5.11 Å². The maximum atomic E-state index is 11.1. The Hall–Kier alpha value is -1.40. The molecule has 0 fully saturated rings. The lowest BCUT2D eigenvalue weighted by molar-refractivity contribution is 0.0695. The lowest BCUT2D eigenvalue weighted by Crippen LogP contribution is -2.07. The van der Waals surface area contributed by atoms with Crippen molar-refractivity contribution in [2.45, 2.75) is 5.25 Å². The van der Waals surface area contributed by atoms with Crippen LogP contribution < -0.4 is 0 Å². The molecule has 0 aromatic carbocycles. The quantitative estimate of drug-likeness (QED) is 0.673. The van der Waals surface area contributed by atoms with Gasteiger partial charge in [-0.3, -0.25) is 4.98 Å². The molecule has 92 valence electrons. The summed E-state index contributed by atoms with van der Waals surface area (Å²) in [4.78, 5) is 19.3. The number of aromatic nitrogens is 2. The SMILES string of the molecule is O=C(O)c1cccnc1C(S)c1ccnc(Br)c1. The molecular formula is C12H9BrN2O2S. The third-order valence-electron chi connectivity index (χ3n) is 2.39. The van der Waals surface area contributed by atoms with Crippen LogP contribution >= 0.6 is 28.6 Å². The Morgan fingerprint density at radius 1 is 1.33 bits per heavy atom. The van der Waals surface area contributed by atoms with Gasteiger partial charge in [-0.25, -0.2) is 9.78 Å². The summed E-state index contributed by atoms with van der Waals surface area (Å²) in [5, 5.41) is 8.71. The van der Waals surface area contributed by atoms with Gasteiger partial charge in [-0.15, -0.1) is 0 Å². The molecule has 1 atom stereocenters. The van der Waals surface area contributed by atoms with Gasteiger partial charge in [0.05, 0.1) is 16.5 Å². The van der Waals surface area contributed by atoms with Crippen molar-refractivity contribution >= 4 is 34.5 Å². The van der Waals surface area contributed by atoms with Crippen LogP contribution in [0.1, 0.15) is 26.9 Å². The van der Waals surface area contributed by atoms with Crippen molar-refractivity contribution in [1.82, 2.24) is 9.97 Å². The number of carbonyl (C=O) groups is 1. The molecule has 0 aliphatic carbocycles. The molecule has 2 rings (SSSR count). The first-order chi connectivity index (χ1) is 8.59. The zero-order valence-corrected chi connectivity index (χ0v) is 11.6. The van der Waals surface area contributed by atoms with Crippen LogP contribution in [0.15, 0.2) is 41.3 Å². The summed E-state index contributed by atoms with van der Waals surface area (Å²) in [6.45, 7) is 0. The van der Waals surface area contributed by atoms with Gasteiger partial charge in [-0.2, -0.15) is 12.6 Å². The van der Waals surface area contributed by atoms with Gasteiger partial charge in [0, 0.05) is 12.4 Å². The topological polar surface area (TPSA) is 63.1 Å². The number of hydrogen-bond donors (Lipinski definition) is 2. The molecular weight excluding hydrogens is 316 g/mol. The molecule has 0 aliphatic heterocycles. The number of carboxylic acids is 1. The van der Waals surface area contributed by atoms with Crippen molar-refractivity contribution in [3.8, 4) is 0 Å². The molecule has 0 saturated heterocycles. The average molecular weight is 325 g/mol. The van der Waals surface area contributed by atoms with E-state index in [1.54, 1.807) is 30.6 Å². The molecule has 0 amide bonds. The fourth-order valence-corrected chi connectivity index (χ4v) is 2.31. The Balaban J connectivity index is 2.46. The van der Waals surface area contributed by atoms with E-state index in [1.165, 1.54) is 6.07 Å². The fourth-order valence-electron chi connectivity index (χ4n) is 1.56. The van der Waals surface area contributed by atoms with E-state index in [9.17, 15) is 4.79 Å². The van der Waals surface area contributed by atoms with Crippen LogP contribution in [-0.4, -0.2) is 21.0 Å². The second-order valence-corrected chi connectivity index (χ2v) is 4.88. The molecule has 18 heavy (non-hydrogen) atoms. The highest BCUT2D eigenvalue weighted by Crippen LogP contribution is 2.29. The Labute approximate surface area is 118 Å². The van der Waals surface area contributed by atoms with Crippen molar-refractivity contribution in [2.75, 3.05) is 0 Å². The molecule has 1 N–H and O–H groups in total. The van der Waals surface area contributed by atoms with Crippen molar-refractivity contribution in [1.29, 1.82) is 0 Å². The van der Waals surface area contributed by atoms with Gasteiger partial charge < -0.3 is 5.11 Å². The zero-order valence-electron chi connectivity index (χ0n) is 9.12. The smallest absolute Gasteiger partial charge is 0.337 e. The minimum atomic E-state index is -1.01. The normalized spacial score (nSPS) is 12.1. The first-order valence-corrected chi connectivity index (χ1v) is 6.38. The molecule has 0 saturated carbocycles. The van der Waals surface area contributed by atoms with Gasteiger partial charge in [-0.05, 0) is 45.8 Å². The second kappa shape index (κ2) is 5.49. The van der Waals surface area contributed by atoms with Crippen molar-refractivity contribution in [2.24, 2.45) is 0 Å². The number of carboxylic acid groups (broad SMARTS) is 1. The summed E-state index contributed by atoms with van der Waals surface area (Å²) in [7, 11) is 0. The standard InChI is InChI=1S/C12H9BrN2O2S/c13-9-6-7(3-5-14-9)11(18)10-8(12(16)17)2-1-4-15-10/h1-6,11,18H,(H,16,17). The predicted octanol–water partition coefficient (Wildman–Crippen LogP) is 2.96. The number of aromatic carboxylic acids is 1. The Morgan fingerprint density at radius 3 is 2.78 bits per heavy atom. The molecule has 2 heterocycles. The highest BCUT2D eigenvalue weighted by atomic mass is 79.9. The first-order valence-electron chi connectivity index (χ1n) is 5.07. The van der Waals surface area contributed by atoms with Crippen molar-refractivity contribution in [3.63, 3.8) is 0 Å². The molecule has 2 aromatic rings. The van der Waals surface area contributed by atoms with E-state index in [2.05, 4.69) is 38.5 Å². The van der Waals surface area contributed by atoms with Crippen LogP contribution in [0.2, 0.25) is 0 Å². The van der Waals surface area contributed by atoms with E-state index in [0.29, 0.717) is 10.3 Å². The highest BCUT2D eigenvalue weighted by molar-refractivity contribution is 9.10. The summed E-state index contributed by atoms with van der Waals surface area (Å²) < 4.78 is 0.673. The van der Waals surface area contributed by atoms with E-state index in [-0.39, 0.29) is 5.56 Å². The predicted molar refractivity (Wildman–Crippen MR) is 74.0 cm³/mol. The number of thiol groups is 1. The summed E-state index contributed by atoms with van der Waals surface area (Å²) in [5.41, 5.74) is 1.42. The molecule has 4 nitrogen and oxygen atoms in total. The Bertz CT molecular complexity index is 592. The van der Waals surface area contributed by atoms with Crippen LogP contribution in [0.5, 0.6) is 0 Å². The number of hydrogen-bond acceptors (Lipinski definition) is 4. The van der Waals surface area contributed by atoms with Crippen molar-refractivity contribution in [3.05, 3.63) is 58.1 Å². The first kappa shape index (κ1) is 13.0. The van der Waals surface area contributed by atoms with Gasteiger partial charge in [0.25, 0.3) is 0 Å². The van der Waals surface area contributed by atoms with E-state index >= 15 is 0 Å². The summed E-state index contributed by atoms with van der Waals surface area (Å²) >= 11 is 7.71. The summed E-state index contributed by atoms with van der Waals surface area (Å²) in [6, 6.07) is 6.68. The number of halogens is 1. The zero-order chi connectivity index (χ0) is 13.1. The lowest BCUT2D eigenvalue weighted by atomic mass is 10.1. The van der Waals surface area contributed by atoms with E-state index < -0.39 is 11.2 Å². The third-order valence-corrected chi connectivity index (χ3v) is 3.37. The molecule has 6 heteroatoms. The number of rotatable bonds is 3. The fraction of sp³-hybridized carbons (Fsp3) is 0.0833. The van der Waals surface area contributed by atoms with E-state index in [0.717, 1.165) is 5.56 Å². The third kappa shape index (κ3) is 2.70. The number of nitrogens with zero attached hydrogens (tertiary/aromatic N) is 2. The average Bonchev–Trinajstić information content (AvgIpc) is 2.38. The minimum Gasteiger partial charge on any atom is -0.478 e. The monoisotopic (exact) mass is 324 g/mol. The largest absolute Gasteiger partial charge is 0.478 e. The maximum absolute atomic E-state index is 11.1. The molecule has 2 aromatic heterocycles. The van der Waals surface area contributed by atoms with Gasteiger partial charge in [0.15, 0.2) is 0 Å². The highest BCUT2D eigenvalue weighted by Gasteiger charge is 2.19. The number of pyridine rings is 2. The minimum absolute atomic E-state index is 0.158.